The van der Waals surface area contributed by atoms with Crippen molar-refractivity contribution in [3.05, 3.63) is 63.1 Å². The number of hydrogen-bond donors (Lipinski definition) is 2. The van der Waals surface area contributed by atoms with Gasteiger partial charge in [-0.3, -0.25) is 9.80 Å². The molecule has 0 fully saturated rings. The van der Waals surface area contributed by atoms with E-state index in [-0.39, 0.29) is 16.3 Å². The van der Waals surface area contributed by atoms with Crippen molar-refractivity contribution < 1.29 is 23.0 Å². The lowest BCUT2D eigenvalue weighted by Gasteiger charge is -2.30. The maximum absolute atomic E-state index is 14.5. The van der Waals surface area contributed by atoms with Gasteiger partial charge in [-0.1, -0.05) is 74.1 Å². The van der Waals surface area contributed by atoms with Crippen molar-refractivity contribution in [2.24, 2.45) is 11.0 Å². The van der Waals surface area contributed by atoms with E-state index in [1.165, 1.54) is 42.5 Å². The van der Waals surface area contributed by atoms with Crippen molar-refractivity contribution in [2.45, 2.75) is 52.3 Å². The Morgan fingerprint density at radius 1 is 1.06 bits per heavy atom. The molecule has 0 radical (unpaired) electrons. The van der Waals surface area contributed by atoms with Gasteiger partial charge in [0, 0.05) is 10.0 Å². The Labute approximate surface area is 225 Å². The molecular weight excluding hydrogens is 536 g/mol. The van der Waals surface area contributed by atoms with Crippen molar-refractivity contribution in [3.8, 4) is 0 Å². The Hall–Kier alpha value is -2.00. The number of nitrogens with one attached hydrogen (secondary N) is 2. The summed E-state index contributed by atoms with van der Waals surface area (Å²) in [6.45, 7) is 6.62. The summed E-state index contributed by atoms with van der Waals surface area (Å²) in [4.78, 5) is 13.0. The van der Waals surface area contributed by atoms with Crippen LogP contribution in [0.3, 0.4) is 0 Å². The van der Waals surface area contributed by atoms with Crippen LogP contribution in [0.2, 0.25) is 15.1 Å². The number of benzene rings is 2. The van der Waals surface area contributed by atoms with Crippen molar-refractivity contribution >= 4 is 52.1 Å². The first-order valence-corrected chi connectivity index (χ1v) is 12.9. The Morgan fingerprint density at radius 2 is 1.67 bits per heavy atom. The molecule has 0 bridgehead atoms. The van der Waals surface area contributed by atoms with Gasteiger partial charge in [0.25, 0.3) is 0 Å². The van der Waals surface area contributed by atoms with Gasteiger partial charge in [-0.2, -0.15) is 23.7 Å². The summed E-state index contributed by atoms with van der Waals surface area (Å²) in [5.41, 5.74) is 2.46. The Morgan fingerprint density at radius 3 is 2.22 bits per heavy atom. The van der Waals surface area contributed by atoms with Gasteiger partial charge in [-0.25, -0.2) is 5.01 Å². The van der Waals surface area contributed by atoms with Gasteiger partial charge in [0.1, 0.15) is 11.6 Å². The second-order valence-corrected chi connectivity index (χ2v) is 9.41. The lowest BCUT2D eigenvalue weighted by Crippen LogP contribution is -3.16. The summed E-state index contributed by atoms with van der Waals surface area (Å²) in [6, 6.07) is 9.00. The summed E-state index contributed by atoms with van der Waals surface area (Å²) >= 11 is 18.3. The third-order valence-electron chi connectivity index (χ3n) is 5.52. The molecule has 0 saturated carbocycles. The van der Waals surface area contributed by atoms with Crippen LogP contribution in [0.1, 0.15) is 51.6 Å². The number of hydrazone groups is 1. The van der Waals surface area contributed by atoms with E-state index in [9.17, 15) is 18.0 Å². The van der Waals surface area contributed by atoms with Crippen LogP contribution in [0, 0.1) is 5.92 Å². The largest absolute Gasteiger partial charge is 0.399 e. The third kappa shape index (κ3) is 7.51. The van der Waals surface area contributed by atoms with Gasteiger partial charge < -0.3 is 0 Å². The Balaban J connectivity index is 0.00000222. The highest BCUT2D eigenvalue weighted by Gasteiger charge is 2.57. The first kappa shape index (κ1) is 30.2. The predicted octanol–water partition coefficient (Wildman–Crippen LogP) is 6.50. The Bertz CT molecular complexity index is 1050. The van der Waals surface area contributed by atoms with Crippen molar-refractivity contribution in [1.82, 2.24) is 5.43 Å². The molecule has 36 heavy (non-hydrogen) atoms. The maximum Gasteiger partial charge on any atom is 0.399 e. The van der Waals surface area contributed by atoms with Gasteiger partial charge in [0.05, 0.1) is 30.3 Å². The molecule has 1 aliphatic rings. The topological polar surface area (TPSA) is 49.1 Å². The molecule has 1 amide bonds. The smallest absolute Gasteiger partial charge is 0.263 e. The fourth-order valence-corrected chi connectivity index (χ4v) is 4.50. The van der Waals surface area contributed by atoms with Gasteiger partial charge >= 0.3 is 12.1 Å². The van der Waals surface area contributed by atoms with Crippen LogP contribution in [0.5, 0.6) is 0 Å². The van der Waals surface area contributed by atoms with Crippen LogP contribution >= 0.6 is 34.8 Å². The number of carbonyl (C=O) groups excluding carboxylic acids is 1. The van der Waals surface area contributed by atoms with Gasteiger partial charge in [-0.05, 0) is 48.7 Å². The van der Waals surface area contributed by atoms with Crippen molar-refractivity contribution in [1.29, 1.82) is 0 Å². The second-order valence-electron chi connectivity index (χ2n) is 8.13. The number of quaternary nitrogens is 1. The highest BCUT2D eigenvalue weighted by atomic mass is 35.5. The van der Waals surface area contributed by atoms with Crippen LogP contribution in [-0.2, 0) is 4.79 Å². The summed E-state index contributed by atoms with van der Waals surface area (Å²) in [5, 5.41) is 6.71. The summed E-state index contributed by atoms with van der Waals surface area (Å²) in [6.07, 6.45) is -1.98. The number of rotatable bonds is 8. The average molecular weight is 567 g/mol. The van der Waals surface area contributed by atoms with Crippen LogP contribution in [0.25, 0.3) is 0 Å². The van der Waals surface area contributed by atoms with E-state index in [0.717, 1.165) is 24.3 Å². The third-order valence-corrected chi connectivity index (χ3v) is 6.31. The molecule has 1 aliphatic heterocycles. The summed E-state index contributed by atoms with van der Waals surface area (Å²) in [5.74, 6) is -3.08. The molecule has 3 rings (SSSR count). The van der Waals surface area contributed by atoms with E-state index >= 15 is 0 Å². The molecule has 2 aromatic carbocycles. The number of halogens is 6. The fraction of sp³-hybridized carbons (Fsp3) is 0.440. The molecule has 0 saturated heterocycles. The molecule has 11 heteroatoms. The molecule has 3 atom stereocenters. The molecule has 0 aliphatic carbocycles. The first-order chi connectivity index (χ1) is 17.0. The quantitative estimate of drug-likeness (QED) is 0.283. The number of carbonyl (C=O) groups is 1. The molecule has 0 spiro atoms. The first-order valence-electron chi connectivity index (χ1n) is 11.8. The lowest BCUT2D eigenvalue weighted by atomic mass is 9.88. The van der Waals surface area contributed by atoms with E-state index < -0.39 is 29.8 Å². The molecule has 2 N–H and O–H groups in total. The molecular formula is C25H31Cl3F3N4O+. The number of nitrogens with zero attached hydrogens (tertiary/aromatic N) is 2. The molecule has 3 unspecified atom stereocenters. The summed E-state index contributed by atoms with van der Waals surface area (Å²) < 4.78 is 43.4. The average Bonchev–Trinajstić information content (AvgIpc) is 3.22. The van der Waals surface area contributed by atoms with Crippen LogP contribution < -0.4 is 15.4 Å². The highest BCUT2D eigenvalue weighted by molar-refractivity contribution is 6.41. The minimum atomic E-state index is -4.76. The van der Waals surface area contributed by atoms with E-state index in [1.807, 2.05) is 20.8 Å². The van der Waals surface area contributed by atoms with Crippen molar-refractivity contribution in [3.63, 3.8) is 0 Å². The molecule has 5 nitrogen and oxygen atoms in total. The molecule has 198 valence electrons. The summed E-state index contributed by atoms with van der Waals surface area (Å²) in [7, 11) is 1.69. The van der Waals surface area contributed by atoms with E-state index in [4.69, 9.17) is 34.8 Å². The standard InChI is InChI=1S/C23H24Cl3F3N4O.C2H6/c1-3-4-5-12-32(2)31-22(34)20-19(23(27,28)29)21(14-6-8-15(24)9-7-14)33(30-20)18-11-10-16(25)13-17(18)26;1-2/h6-11,13,19,21H,3-5,12H2,1-2H3,(H,31,34);1-2H3/p+1. The molecule has 2 aromatic rings. The monoisotopic (exact) mass is 565 g/mol. The SMILES string of the molecule is CC.CCCCC[NH+](C)NC(=O)C1=NN(c2ccc(Cl)cc2Cl)C(c2ccc(Cl)cc2)C1C(F)(F)F. The number of hydrogen-bond acceptors (Lipinski definition) is 3. The minimum Gasteiger partial charge on any atom is -0.263 e. The predicted molar refractivity (Wildman–Crippen MR) is 141 cm³/mol. The van der Waals surface area contributed by atoms with Gasteiger partial charge in [0.15, 0.2) is 0 Å². The number of unbranched alkanes of at least 4 members (excludes halogenated alkanes) is 2. The zero-order valence-corrected chi connectivity index (χ0v) is 22.9. The van der Waals surface area contributed by atoms with E-state index in [2.05, 4.69) is 10.5 Å². The van der Waals surface area contributed by atoms with Crippen LogP contribution in [0.15, 0.2) is 47.6 Å². The van der Waals surface area contributed by atoms with Crippen molar-refractivity contribution in [2.75, 3.05) is 18.6 Å². The second kappa shape index (κ2) is 13.5. The minimum absolute atomic E-state index is 0.111. The number of alkyl halides is 3. The molecule has 0 aromatic heterocycles. The van der Waals surface area contributed by atoms with Gasteiger partial charge in [0.2, 0.25) is 0 Å². The molecule has 1 heterocycles. The zero-order valence-electron chi connectivity index (χ0n) is 20.6. The van der Waals surface area contributed by atoms with E-state index in [0.29, 0.717) is 21.6 Å². The zero-order chi connectivity index (χ0) is 27.0. The van der Waals surface area contributed by atoms with Crippen LogP contribution in [0.4, 0.5) is 18.9 Å². The highest BCUT2D eigenvalue weighted by Crippen LogP contribution is 2.48. The maximum atomic E-state index is 14.5. The fourth-order valence-electron chi connectivity index (χ4n) is 3.88. The Kier molecular flexibility index (Phi) is 11.3. The van der Waals surface area contributed by atoms with Gasteiger partial charge in [-0.15, -0.1) is 0 Å². The normalized spacial score (nSPS) is 18.3. The number of amides is 1. The van der Waals surface area contributed by atoms with E-state index in [1.54, 1.807) is 7.05 Å². The number of anilines is 1. The van der Waals surface area contributed by atoms with Crippen LogP contribution in [-0.4, -0.2) is 31.4 Å². The lowest BCUT2D eigenvalue weighted by molar-refractivity contribution is -0.916.